The highest BCUT2D eigenvalue weighted by atomic mass is 79.9. The predicted molar refractivity (Wildman–Crippen MR) is 59.5 cm³/mol. The van der Waals surface area contributed by atoms with Crippen molar-refractivity contribution in [3.63, 3.8) is 0 Å². The first-order valence-corrected chi connectivity index (χ1v) is 4.96. The summed E-state index contributed by atoms with van der Waals surface area (Å²) in [5.74, 6) is -1.92. The van der Waals surface area contributed by atoms with E-state index in [1.807, 2.05) is 6.07 Å². The number of benzene rings is 1. The molecule has 0 unspecified atom stereocenters. The van der Waals surface area contributed by atoms with Crippen LogP contribution >= 0.6 is 15.9 Å². The van der Waals surface area contributed by atoms with Crippen LogP contribution in [0.25, 0.3) is 0 Å². The van der Waals surface area contributed by atoms with Crippen molar-refractivity contribution in [2.24, 2.45) is 0 Å². The third kappa shape index (κ3) is 2.81. The molecule has 1 rings (SSSR count). The Balaban J connectivity index is 2.94. The van der Waals surface area contributed by atoms with Gasteiger partial charge in [0.25, 0.3) is 0 Å². The van der Waals surface area contributed by atoms with E-state index < -0.39 is 11.9 Å². The van der Waals surface area contributed by atoms with Crippen LogP contribution in [0.5, 0.6) is 0 Å². The molecule has 0 radical (unpaired) electrons. The van der Waals surface area contributed by atoms with Gasteiger partial charge in [0.15, 0.2) is 0 Å². The van der Waals surface area contributed by atoms with E-state index in [9.17, 15) is 9.59 Å². The molecule has 0 aliphatic rings. The van der Waals surface area contributed by atoms with Gasteiger partial charge in [0, 0.05) is 4.47 Å². The first-order chi connectivity index (χ1) is 7.58. The molecule has 1 amide bonds. The number of anilines is 1. The fourth-order valence-corrected chi connectivity index (χ4v) is 1.35. The number of nitriles is 1. The lowest BCUT2D eigenvalue weighted by Crippen LogP contribution is -2.24. The number of carbonyl (C=O) groups excluding carboxylic acids is 2. The van der Waals surface area contributed by atoms with Crippen LogP contribution in [0, 0.1) is 11.3 Å². The lowest BCUT2D eigenvalue weighted by atomic mass is 10.2. The van der Waals surface area contributed by atoms with Gasteiger partial charge in [-0.1, -0.05) is 15.9 Å². The molecule has 1 aromatic rings. The molecular weight excluding hydrogens is 276 g/mol. The van der Waals surface area contributed by atoms with Gasteiger partial charge in [-0.25, -0.2) is 4.79 Å². The molecular formula is C10H7BrN2O3. The Hall–Kier alpha value is -1.87. The highest BCUT2D eigenvalue weighted by molar-refractivity contribution is 9.10. The maximum absolute atomic E-state index is 11.2. The highest BCUT2D eigenvalue weighted by Gasteiger charge is 2.15. The van der Waals surface area contributed by atoms with E-state index >= 15 is 0 Å². The van der Waals surface area contributed by atoms with Crippen LogP contribution in [0.4, 0.5) is 5.69 Å². The number of hydrogen-bond donors (Lipinski definition) is 1. The van der Waals surface area contributed by atoms with Crippen LogP contribution in [0.3, 0.4) is 0 Å². The predicted octanol–water partition coefficient (Wildman–Crippen LogP) is 1.43. The molecule has 1 aromatic carbocycles. The molecule has 0 saturated heterocycles. The van der Waals surface area contributed by atoms with Gasteiger partial charge in [-0.2, -0.15) is 5.26 Å². The second kappa shape index (κ2) is 5.28. The average molecular weight is 283 g/mol. The van der Waals surface area contributed by atoms with Crippen molar-refractivity contribution in [2.75, 3.05) is 12.4 Å². The van der Waals surface area contributed by atoms with Gasteiger partial charge in [-0.3, -0.25) is 4.79 Å². The van der Waals surface area contributed by atoms with E-state index in [0.29, 0.717) is 4.47 Å². The van der Waals surface area contributed by atoms with Crippen LogP contribution < -0.4 is 5.32 Å². The monoisotopic (exact) mass is 282 g/mol. The van der Waals surface area contributed by atoms with Crippen molar-refractivity contribution in [3.8, 4) is 6.07 Å². The molecule has 6 heteroatoms. The normalized spacial score (nSPS) is 9.06. The molecule has 0 heterocycles. The molecule has 0 spiro atoms. The van der Waals surface area contributed by atoms with Crippen molar-refractivity contribution in [2.45, 2.75) is 0 Å². The van der Waals surface area contributed by atoms with Gasteiger partial charge in [-0.05, 0) is 18.2 Å². The van der Waals surface area contributed by atoms with Crippen LogP contribution in [0.15, 0.2) is 22.7 Å². The molecule has 0 fully saturated rings. The number of carbonyl (C=O) groups is 2. The smallest absolute Gasteiger partial charge is 0.396 e. The second-order valence-electron chi connectivity index (χ2n) is 2.75. The number of amides is 1. The molecule has 82 valence electrons. The van der Waals surface area contributed by atoms with Gasteiger partial charge in [0.05, 0.1) is 18.4 Å². The van der Waals surface area contributed by atoms with E-state index in [1.165, 1.54) is 12.1 Å². The Labute approximate surface area is 100 Å². The molecule has 0 saturated carbocycles. The summed E-state index contributed by atoms with van der Waals surface area (Å²) >= 11 is 3.19. The Morgan fingerprint density at radius 3 is 2.75 bits per heavy atom. The molecule has 0 atom stereocenters. The van der Waals surface area contributed by atoms with Gasteiger partial charge in [0.1, 0.15) is 6.07 Å². The lowest BCUT2D eigenvalue weighted by molar-refractivity contribution is -0.150. The lowest BCUT2D eigenvalue weighted by Gasteiger charge is -2.05. The highest BCUT2D eigenvalue weighted by Crippen LogP contribution is 2.20. The van der Waals surface area contributed by atoms with Crippen molar-refractivity contribution in [3.05, 3.63) is 28.2 Å². The number of hydrogen-bond acceptors (Lipinski definition) is 4. The third-order valence-electron chi connectivity index (χ3n) is 1.72. The Bertz CT molecular complexity index is 479. The van der Waals surface area contributed by atoms with Gasteiger partial charge in [-0.15, -0.1) is 0 Å². The van der Waals surface area contributed by atoms with Gasteiger partial charge >= 0.3 is 11.9 Å². The number of ether oxygens (including phenoxy) is 1. The zero-order valence-electron chi connectivity index (χ0n) is 8.28. The Morgan fingerprint density at radius 1 is 1.50 bits per heavy atom. The maximum atomic E-state index is 11.2. The van der Waals surface area contributed by atoms with E-state index in [2.05, 4.69) is 26.0 Å². The summed E-state index contributed by atoms with van der Waals surface area (Å²) in [7, 11) is 1.11. The average Bonchev–Trinajstić information content (AvgIpc) is 2.30. The summed E-state index contributed by atoms with van der Waals surface area (Å²) < 4.78 is 4.95. The zero-order chi connectivity index (χ0) is 12.1. The number of esters is 1. The summed E-state index contributed by atoms with van der Waals surface area (Å²) in [6.45, 7) is 0. The molecule has 0 bridgehead atoms. The first kappa shape index (κ1) is 12.2. The summed E-state index contributed by atoms with van der Waals surface area (Å²) in [6.07, 6.45) is 0. The number of halogens is 1. The number of nitrogens with one attached hydrogen (secondary N) is 1. The van der Waals surface area contributed by atoms with E-state index in [1.54, 1.807) is 6.07 Å². The molecule has 1 N–H and O–H groups in total. The van der Waals surface area contributed by atoms with E-state index in [-0.39, 0.29) is 11.3 Å². The number of methoxy groups -OCH3 is 1. The van der Waals surface area contributed by atoms with E-state index in [4.69, 9.17) is 5.26 Å². The van der Waals surface area contributed by atoms with Crippen LogP contribution in [-0.2, 0) is 14.3 Å². The quantitative estimate of drug-likeness (QED) is 0.624. The first-order valence-electron chi connectivity index (χ1n) is 4.17. The SMILES string of the molecule is COC(=O)C(=O)Nc1ccc(Br)cc1C#N. The van der Waals surface area contributed by atoms with Crippen LogP contribution in [-0.4, -0.2) is 19.0 Å². The minimum atomic E-state index is -1.01. The molecule has 0 aromatic heterocycles. The molecule has 0 aliphatic carbocycles. The molecule has 0 aliphatic heterocycles. The van der Waals surface area contributed by atoms with Crippen LogP contribution in [0.1, 0.15) is 5.56 Å². The Morgan fingerprint density at radius 2 is 2.19 bits per heavy atom. The van der Waals surface area contributed by atoms with Gasteiger partial charge in [0.2, 0.25) is 0 Å². The van der Waals surface area contributed by atoms with E-state index in [0.717, 1.165) is 7.11 Å². The third-order valence-corrected chi connectivity index (χ3v) is 2.21. The topological polar surface area (TPSA) is 79.2 Å². The van der Waals surface area contributed by atoms with Crippen LogP contribution in [0.2, 0.25) is 0 Å². The summed E-state index contributed by atoms with van der Waals surface area (Å²) in [4.78, 5) is 22.0. The summed E-state index contributed by atoms with van der Waals surface area (Å²) in [5.41, 5.74) is 0.521. The van der Waals surface area contributed by atoms with Crippen molar-refractivity contribution in [1.82, 2.24) is 0 Å². The fourth-order valence-electron chi connectivity index (χ4n) is 0.984. The van der Waals surface area contributed by atoms with Crippen molar-refractivity contribution >= 4 is 33.5 Å². The largest absolute Gasteiger partial charge is 0.462 e. The molecule has 5 nitrogen and oxygen atoms in total. The Kier molecular flexibility index (Phi) is 4.03. The van der Waals surface area contributed by atoms with Gasteiger partial charge < -0.3 is 10.1 Å². The number of nitrogens with zero attached hydrogens (tertiary/aromatic N) is 1. The minimum absolute atomic E-state index is 0.256. The minimum Gasteiger partial charge on any atom is -0.462 e. The van der Waals surface area contributed by atoms with Crippen molar-refractivity contribution in [1.29, 1.82) is 5.26 Å². The molecule has 16 heavy (non-hydrogen) atoms. The zero-order valence-corrected chi connectivity index (χ0v) is 9.87. The maximum Gasteiger partial charge on any atom is 0.396 e. The fraction of sp³-hybridized carbons (Fsp3) is 0.100. The standard InChI is InChI=1S/C10H7BrN2O3/c1-16-10(15)9(14)13-8-3-2-7(11)4-6(8)5-12/h2-4H,1H3,(H,13,14). The van der Waals surface area contributed by atoms with Crippen molar-refractivity contribution < 1.29 is 14.3 Å². The summed E-state index contributed by atoms with van der Waals surface area (Å²) in [5, 5.41) is 11.1. The number of rotatable bonds is 1. The summed E-state index contributed by atoms with van der Waals surface area (Å²) in [6, 6.07) is 6.60. The second-order valence-corrected chi connectivity index (χ2v) is 3.66.